The van der Waals surface area contributed by atoms with Crippen LogP contribution in [0, 0.1) is 12.7 Å². The molecule has 0 atom stereocenters. The number of nitrogens with one attached hydrogen (secondary N) is 2. The molecule has 4 nitrogen and oxygen atoms in total. The summed E-state index contributed by atoms with van der Waals surface area (Å²) >= 11 is 0. The number of amides is 1. The molecule has 1 amide bonds. The highest BCUT2D eigenvalue weighted by Crippen LogP contribution is 2.20. The van der Waals surface area contributed by atoms with Crippen molar-refractivity contribution in [1.29, 1.82) is 0 Å². The van der Waals surface area contributed by atoms with Crippen LogP contribution < -0.4 is 10.6 Å². The van der Waals surface area contributed by atoms with Gasteiger partial charge in [0.2, 0.25) is 0 Å². The number of hydrogen-bond donors (Lipinski definition) is 2. The topological polar surface area (TPSA) is 54.0 Å². The van der Waals surface area contributed by atoms with Crippen molar-refractivity contribution in [3.8, 4) is 0 Å². The fourth-order valence-corrected chi connectivity index (χ4v) is 1.71. The summed E-state index contributed by atoms with van der Waals surface area (Å²) < 4.78 is 13.5. The minimum Gasteiger partial charge on any atom is -0.385 e. The molecule has 0 radical (unpaired) electrons. The van der Waals surface area contributed by atoms with Crippen molar-refractivity contribution >= 4 is 17.3 Å². The van der Waals surface area contributed by atoms with Gasteiger partial charge >= 0.3 is 0 Å². The van der Waals surface area contributed by atoms with Crippen LogP contribution >= 0.6 is 0 Å². The predicted molar refractivity (Wildman–Crippen MR) is 72.9 cm³/mol. The van der Waals surface area contributed by atoms with Crippen LogP contribution in [0.25, 0.3) is 0 Å². The Balaban J connectivity index is 2.25. The van der Waals surface area contributed by atoms with Crippen molar-refractivity contribution < 1.29 is 9.18 Å². The number of nitrogens with zero attached hydrogens (tertiary/aromatic N) is 1. The summed E-state index contributed by atoms with van der Waals surface area (Å²) in [7, 11) is 1.57. The molecule has 0 aliphatic heterocycles. The van der Waals surface area contributed by atoms with E-state index < -0.39 is 5.82 Å². The van der Waals surface area contributed by atoms with Gasteiger partial charge in [0, 0.05) is 12.7 Å². The molecule has 2 rings (SSSR count). The summed E-state index contributed by atoms with van der Waals surface area (Å²) in [6.45, 7) is 1.86. The summed E-state index contributed by atoms with van der Waals surface area (Å²) in [6, 6.07) is 7.90. The molecule has 0 unspecified atom stereocenters. The molecule has 2 aromatic rings. The number of pyridine rings is 1. The zero-order chi connectivity index (χ0) is 13.8. The Morgan fingerprint density at radius 2 is 2.05 bits per heavy atom. The van der Waals surface area contributed by atoms with Crippen molar-refractivity contribution in [2.24, 2.45) is 0 Å². The zero-order valence-corrected chi connectivity index (χ0v) is 10.7. The van der Waals surface area contributed by atoms with Crippen LogP contribution in [0.15, 0.2) is 36.5 Å². The van der Waals surface area contributed by atoms with Crippen molar-refractivity contribution in [3.63, 3.8) is 0 Å². The largest absolute Gasteiger partial charge is 0.385 e. The van der Waals surface area contributed by atoms with Gasteiger partial charge in [-0.1, -0.05) is 6.07 Å². The van der Waals surface area contributed by atoms with Gasteiger partial charge in [-0.15, -0.1) is 0 Å². The van der Waals surface area contributed by atoms with Crippen molar-refractivity contribution in [2.45, 2.75) is 6.92 Å². The Hall–Kier alpha value is -2.43. The van der Waals surface area contributed by atoms with E-state index in [1.807, 2.05) is 6.92 Å². The number of aryl methyl sites for hydroxylation is 1. The van der Waals surface area contributed by atoms with Crippen LogP contribution in [-0.4, -0.2) is 17.9 Å². The first-order valence-electron chi connectivity index (χ1n) is 5.82. The van der Waals surface area contributed by atoms with Crippen LogP contribution in [-0.2, 0) is 0 Å². The molecular weight excluding hydrogens is 245 g/mol. The van der Waals surface area contributed by atoms with Gasteiger partial charge in [-0.05, 0) is 31.2 Å². The fourth-order valence-electron chi connectivity index (χ4n) is 1.71. The van der Waals surface area contributed by atoms with E-state index in [1.54, 1.807) is 31.4 Å². The first-order chi connectivity index (χ1) is 9.11. The van der Waals surface area contributed by atoms with Gasteiger partial charge in [-0.25, -0.2) is 4.39 Å². The number of aromatic nitrogens is 1. The van der Waals surface area contributed by atoms with E-state index in [4.69, 9.17) is 0 Å². The van der Waals surface area contributed by atoms with E-state index in [0.29, 0.717) is 5.69 Å². The van der Waals surface area contributed by atoms with Crippen molar-refractivity contribution in [1.82, 2.24) is 4.98 Å². The highest BCUT2D eigenvalue weighted by Gasteiger charge is 2.14. The maximum Gasteiger partial charge on any atom is 0.257 e. The highest BCUT2D eigenvalue weighted by molar-refractivity contribution is 6.08. The molecule has 19 heavy (non-hydrogen) atoms. The van der Waals surface area contributed by atoms with E-state index in [0.717, 1.165) is 5.69 Å². The summed E-state index contributed by atoms with van der Waals surface area (Å²) in [6.07, 6.45) is 1.56. The normalized spacial score (nSPS) is 10.1. The molecule has 98 valence electrons. The summed E-state index contributed by atoms with van der Waals surface area (Å²) in [5, 5.41) is 5.37. The Bertz CT molecular complexity index is 596. The molecule has 0 saturated heterocycles. The number of para-hydroxylation sites is 1. The minimum atomic E-state index is -0.461. The summed E-state index contributed by atoms with van der Waals surface area (Å²) in [5.41, 5.74) is 1.87. The van der Waals surface area contributed by atoms with E-state index in [2.05, 4.69) is 15.6 Å². The second kappa shape index (κ2) is 5.48. The summed E-state index contributed by atoms with van der Waals surface area (Å²) in [5.74, 6) is -0.841. The van der Waals surface area contributed by atoms with Gasteiger partial charge in [-0.3, -0.25) is 9.78 Å². The molecule has 0 aliphatic carbocycles. The lowest BCUT2D eigenvalue weighted by Gasteiger charge is -2.10. The smallest absolute Gasteiger partial charge is 0.257 e. The van der Waals surface area contributed by atoms with Crippen LogP contribution in [0.3, 0.4) is 0 Å². The second-order valence-corrected chi connectivity index (χ2v) is 4.05. The first-order valence-corrected chi connectivity index (χ1v) is 5.82. The predicted octanol–water partition coefficient (Wildman–Crippen LogP) is 2.82. The Morgan fingerprint density at radius 1 is 1.26 bits per heavy atom. The van der Waals surface area contributed by atoms with E-state index >= 15 is 0 Å². The SMILES string of the molecule is CNc1c(F)cccc1C(=O)Nc1ccc(C)nc1. The highest BCUT2D eigenvalue weighted by atomic mass is 19.1. The van der Waals surface area contributed by atoms with Crippen molar-refractivity contribution in [3.05, 3.63) is 53.6 Å². The molecule has 0 aliphatic rings. The molecule has 1 aromatic carbocycles. The quantitative estimate of drug-likeness (QED) is 0.891. The molecule has 0 bridgehead atoms. The van der Waals surface area contributed by atoms with Gasteiger partial charge < -0.3 is 10.6 Å². The molecule has 1 aromatic heterocycles. The number of carbonyl (C=O) groups excluding carboxylic acids is 1. The molecule has 0 fully saturated rings. The first kappa shape index (κ1) is 13.0. The Morgan fingerprint density at radius 3 is 2.68 bits per heavy atom. The number of hydrogen-bond acceptors (Lipinski definition) is 3. The average molecular weight is 259 g/mol. The standard InChI is InChI=1S/C14H14FN3O/c1-9-6-7-10(8-17-9)18-14(19)11-4-3-5-12(15)13(11)16-2/h3-8,16H,1-2H3,(H,18,19). The van der Waals surface area contributed by atoms with Crippen molar-refractivity contribution in [2.75, 3.05) is 17.7 Å². The Labute approximate surface area is 110 Å². The van der Waals surface area contributed by atoms with E-state index in [1.165, 1.54) is 12.1 Å². The minimum absolute atomic E-state index is 0.181. The third-order valence-corrected chi connectivity index (χ3v) is 2.68. The zero-order valence-electron chi connectivity index (χ0n) is 10.7. The second-order valence-electron chi connectivity index (χ2n) is 4.05. The van der Waals surface area contributed by atoms with Gasteiger partial charge in [-0.2, -0.15) is 0 Å². The molecule has 5 heteroatoms. The molecule has 0 saturated carbocycles. The molecular formula is C14H14FN3O. The summed E-state index contributed by atoms with van der Waals surface area (Å²) in [4.78, 5) is 16.2. The van der Waals surface area contributed by atoms with Crippen LogP contribution in [0.1, 0.15) is 16.1 Å². The average Bonchev–Trinajstić information content (AvgIpc) is 2.41. The maximum atomic E-state index is 13.5. The maximum absolute atomic E-state index is 13.5. The van der Waals surface area contributed by atoms with Crippen LogP contribution in [0.5, 0.6) is 0 Å². The van der Waals surface area contributed by atoms with Gasteiger partial charge in [0.1, 0.15) is 5.82 Å². The van der Waals surface area contributed by atoms with Crippen LogP contribution in [0.4, 0.5) is 15.8 Å². The van der Waals surface area contributed by atoms with Gasteiger partial charge in [0.05, 0.1) is 23.1 Å². The lowest BCUT2D eigenvalue weighted by molar-refractivity contribution is 0.102. The third-order valence-electron chi connectivity index (χ3n) is 2.68. The van der Waals surface area contributed by atoms with Crippen LogP contribution in [0.2, 0.25) is 0 Å². The molecule has 1 heterocycles. The number of benzene rings is 1. The van der Waals surface area contributed by atoms with Gasteiger partial charge in [0.25, 0.3) is 5.91 Å². The number of carbonyl (C=O) groups is 1. The fraction of sp³-hybridized carbons (Fsp3) is 0.143. The lowest BCUT2D eigenvalue weighted by Crippen LogP contribution is -2.15. The van der Waals surface area contributed by atoms with E-state index in [-0.39, 0.29) is 17.2 Å². The Kier molecular flexibility index (Phi) is 3.75. The molecule has 0 spiro atoms. The lowest BCUT2D eigenvalue weighted by atomic mass is 10.1. The monoisotopic (exact) mass is 259 g/mol. The van der Waals surface area contributed by atoms with Gasteiger partial charge in [0.15, 0.2) is 0 Å². The number of halogens is 1. The number of rotatable bonds is 3. The molecule has 2 N–H and O–H groups in total. The third kappa shape index (κ3) is 2.88. The number of anilines is 2. The van der Waals surface area contributed by atoms with E-state index in [9.17, 15) is 9.18 Å².